The summed E-state index contributed by atoms with van der Waals surface area (Å²) in [6, 6.07) is 10.6. The van der Waals surface area contributed by atoms with Crippen LogP contribution in [0.2, 0.25) is 0 Å². The summed E-state index contributed by atoms with van der Waals surface area (Å²) in [5.41, 5.74) is 2.71. The largest absolute Gasteiger partial charge is 0.269 e. The van der Waals surface area contributed by atoms with Gasteiger partial charge in [-0.25, -0.2) is 4.57 Å². The fraction of sp³-hybridized carbons (Fsp3) is 0.176. The van der Waals surface area contributed by atoms with E-state index in [0.717, 1.165) is 5.69 Å². The molecule has 4 heterocycles. The van der Waals surface area contributed by atoms with Crippen molar-refractivity contribution in [2.45, 2.75) is 6.54 Å². The first-order valence-electron chi connectivity index (χ1n) is 9.72. The van der Waals surface area contributed by atoms with Crippen LogP contribution in [0.5, 0.6) is 0 Å². The third-order valence-corrected chi connectivity index (χ3v) is 4.21. The van der Waals surface area contributed by atoms with E-state index in [1.54, 1.807) is 41.1 Å². The van der Waals surface area contributed by atoms with Crippen molar-refractivity contribution < 1.29 is 12.8 Å². The van der Waals surface area contributed by atoms with E-state index in [1.807, 2.05) is 6.07 Å². The third-order valence-electron chi connectivity index (χ3n) is 4.21. The van der Waals surface area contributed by atoms with Crippen LogP contribution >= 0.6 is 0 Å². The predicted octanol–water partition coefficient (Wildman–Crippen LogP) is 2.38. The lowest BCUT2D eigenvalue weighted by atomic mass is 10.2. The number of benzene rings is 1. The molecule has 0 atom stereocenters. The fourth-order valence-electron chi connectivity index (χ4n) is 3.34. The van der Waals surface area contributed by atoms with Crippen LogP contribution in [0, 0.1) is 0 Å². The molecule has 1 aromatic carbocycles. The molecule has 1 aliphatic heterocycles. The van der Waals surface area contributed by atoms with Gasteiger partial charge in [0.2, 0.25) is 5.82 Å². The van der Waals surface area contributed by atoms with Gasteiger partial charge in [-0.15, -0.1) is 0 Å². The molecule has 0 spiro atoms. The van der Waals surface area contributed by atoms with Gasteiger partial charge in [0.25, 0.3) is 5.65 Å². The number of aryl methyl sites for hydroxylation is 2. The number of rotatable bonds is 0. The molecule has 0 N–H and O–H groups in total. The minimum absolute atomic E-state index is 0.331. The van der Waals surface area contributed by atoms with Gasteiger partial charge in [-0.2, -0.15) is 0 Å². The van der Waals surface area contributed by atoms with Gasteiger partial charge in [0, 0.05) is 6.20 Å². The minimum Gasteiger partial charge on any atom is -0.259 e. The molecule has 0 fully saturated rings. The highest BCUT2D eigenvalue weighted by molar-refractivity contribution is 6.04. The van der Waals surface area contributed by atoms with Gasteiger partial charge in [-0.05, 0) is 24.3 Å². The number of imidazole rings is 1. The molecular formula is C17H15N4+. The topological polar surface area (TPSA) is 26.6 Å². The number of hydrogen-bond donors (Lipinski definition) is 0. The smallest absolute Gasteiger partial charge is 0.259 e. The van der Waals surface area contributed by atoms with Crippen molar-refractivity contribution in [3.63, 3.8) is 0 Å². The molecule has 0 saturated carbocycles. The Balaban J connectivity index is 2.07. The van der Waals surface area contributed by atoms with E-state index in [0.29, 0.717) is 40.0 Å². The van der Waals surface area contributed by atoms with E-state index in [4.69, 9.17) is 8.22 Å². The third kappa shape index (κ3) is 1.17. The van der Waals surface area contributed by atoms with Crippen LogP contribution in [0.25, 0.3) is 33.5 Å². The zero-order valence-corrected chi connectivity index (χ0v) is 11.0. The fourth-order valence-corrected chi connectivity index (χ4v) is 3.34. The van der Waals surface area contributed by atoms with Crippen molar-refractivity contribution in [1.82, 2.24) is 14.1 Å². The Hall–Kier alpha value is -2.62. The number of para-hydroxylation sites is 1. The second-order valence-electron chi connectivity index (χ2n) is 5.27. The highest BCUT2D eigenvalue weighted by Gasteiger charge is 2.34. The molecule has 0 unspecified atom stereocenters. The zero-order valence-electron chi connectivity index (χ0n) is 17.0. The van der Waals surface area contributed by atoms with Crippen LogP contribution in [0.1, 0.15) is 13.9 Å². The second kappa shape index (κ2) is 3.52. The summed E-state index contributed by atoms with van der Waals surface area (Å²) in [5, 5.41) is 0.604. The molecule has 1 aliphatic rings. The van der Waals surface area contributed by atoms with Gasteiger partial charge in [0.1, 0.15) is 12.1 Å². The Morgan fingerprint density at radius 1 is 1.14 bits per heavy atom. The highest BCUT2D eigenvalue weighted by Crippen LogP contribution is 2.34. The molecule has 102 valence electrons. The van der Waals surface area contributed by atoms with Crippen molar-refractivity contribution in [2.75, 3.05) is 0 Å². The lowest BCUT2D eigenvalue weighted by Crippen LogP contribution is -2.33. The van der Waals surface area contributed by atoms with Crippen LogP contribution < -0.4 is 4.57 Å². The van der Waals surface area contributed by atoms with Gasteiger partial charge >= 0.3 is 0 Å². The van der Waals surface area contributed by atoms with E-state index >= 15 is 0 Å². The van der Waals surface area contributed by atoms with Gasteiger partial charge in [0.15, 0.2) is 5.52 Å². The van der Waals surface area contributed by atoms with Gasteiger partial charge in [0.05, 0.1) is 38.8 Å². The second-order valence-corrected chi connectivity index (χ2v) is 5.27. The molecule has 0 aliphatic carbocycles. The van der Waals surface area contributed by atoms with E-state index in [2.05, 4.69) is 4.98 Å². The SMILES string of the molecule is [2H]C([2H])([2H])n1c2[n+](c3c1c1ccccc1n3C([2H])([2H])[2H])Cc1ncccc1-2. The number of aromatic nitrogens is 4. The molecule has 0 amide bonds. The molecule has 4 aromatic rings. The quantitative estimate of drug-likeness (QED) is 0.400. The monoisotopic (exact) mass is 281 g/mol. The van der Waals surface area contributed by atoms with Crippen molar-refractivity contribution in [3.8, 4) is 11.4 Å². The van der Waals surface area contributed by atoms with Crippen molar-refractivity contribution >= 4 is 22.1 Å². The molecule has 3 aromatic heterocycles. The van der Waals surface area contributed by atoms with Crippen molar-refractivity contribution in [3.05, 3.63) is 48.3 Å². The van der Waals surface area contributed by atoms with Crippen LogP contribution in [-0.4, -0.2) is 14.1 Å². The van der Waals surface area contributed by atoms with E-state index in [-0.39, 0.29) is 0 Å². The standard InChI is InChI=1S/C17H15N4/c1-19-14-8-4-3-6-12(14)15-17(19)21-10-13-11(7-5-9-18-13)16(21)20(15)2/h3-9H,10H2,1-2H3/q+1/i1D3,2D3. The summed E-state index contributed by atoms with van der Waals surface area (Å²) in [6.07, 6.45) is 1.65. The summed E-state index contributed by atoms with van der Waals surface area (Å²) in [5.74, 6) is 0.465. The average Bonchev–Trinajstić information content (AvgIpc) is 3.19. The average molecular weight is 281 g/mol. The number of pyridine rings is 1. The van der Waals surface area contributed by atoms with Crippen LogP contribution in [0.3, 0.4) is 0 Å². The summed E-state index contributed by atoms with van der Waals surface area (Å²) in [4.78, 5) is 4.35. The van der Waals surface area contributed by atoms with Crippen LogP contribution in [0.15, 0.2) is 42.6 Å². The molecule has 4 nitrogen and oxygen atoms in total. The maximum Gasteiger partial charge on any atom is 0.269 e. The van der Waals surface area contributed by atoms with Gasteiger partial charge in [-0.1, -0.05) is 12.1 Å². The number of hydrogen-bond acceptors (Lipinski definition) is 1. The summed E-state index contributed by atoms with van der Waals surface area (Å²) < 4.78 is 52.9. The molecule has 0 bridgehead atoms. The maximum atomic E-state index is 8.13. The first kappa shape index (κ1) is 6.89. The van der Waals surface area contributed by atoms with Crippen molar-refractivity contribution in [2.24, 2.45) is 14.0 Å². The molecule has 5 rings (SSSR count). The summed E-state index contributed by atoms with van der Waals surface area (Å²) in [7, 11) is 0. The Kier molecular flexibility index (Phi) is 1.16. The van der Waals surface area contributed by atoms with Gasteiger partial charge < -0.3 is 0 Å². The lowest BCUT2D eigenvalue weighted by Gasteiger charge is -1.97. The van der Waals surface area contributed by atoms with E-state index in [1.165, 1.54) is 9.13 Å². The Labute approximate surface area is 130 Å². The maximum absolute atomic E-state index is 8.13. The normalized spacial score (nSPS) is 18.5. The number of nitrogens with zero attached hydrogens (tertiary/aromatic N) is 4. The number of fused-ring (bicyclic) bond motifs is 7. The highest BCUT2D eigenvalue weighted by atomic mass is 15.2. The molecule has 0 saturated heterocycles. The first-order valence-corrected chi connectivity index (χ1v) is 6.72. The van der Waals surface area contributed by atoms with Crippen LogP contribution in [0.4, 0.5) is 0 Å². The Morgan fingerprint density at radius 2 is 2.05 bits per heavy atom. The van der Waals surface area contributed by atoms with E-state index < -0.39 is 14.0 Å². The van der Waals surface area contributed by atoms with Crippen LogP contribution in [-0.2, 0) is 20.5 Å². The summed E-state index contributed by atoms with van der Waals surface area (Å²) >= 11 is 0. The van der Waals surface area contributed by atoms with E-state index in [9.17, 15) is 0 Å². The zero-order chi connectivity index (χ0) is 19.1. The molecular weight excluding hydrogens is 260 g/mol. The minimum atomic E-state index is -2.47. The molecule has 21 heavy (non-hydrogen) atoms. The summed E-state index contributed by atoms with van der Waals surface area (Å²) in [6.45, 7) is -4.59. The first-order chi connectivity index (χ1) is 12.7. The van der Waals surface area contributed by atoms with Gasteiger partial charge in [-0.3, -0.25) is 14.1 Å². The molecule has 0 radical (unpaired) electrons. The predicted molar refractivity (Wildman–Crippen MR) is 81.9 cm³/mol. The Morgan fingerprint density at radius 3 is 2.95 bits per heavy atom. The Bertz CT molecular complexity index is 1230. The van der Waals surface area contributed by atoms with Crippen molar-refractivity contribution in [1.29, 1.82) is 0 Å². The molecule has 4 heteroatoms. The lowest BCUT2D eigenvalue weighted by molar-refractivity contribution is -0.649.